The van der Waals surface area contributed by atoms with E-state index in [-0.39, 0.29) is 5.78 Å². The third kappa shape index (κ3) is 1.89. The minimum atomic E-state index is -1.23. The summed E-state index contributed by atoms with van der Waals surface area (Å²) in [5.74, 6) is -0.262. The molecule has 0 unspecified atom stereocenters. The van der Waals surface area contributed by atoms with E-state index in [0.29, 0.717) is 28.8 Å². The number of carbonyl (C=O) groups excluding carboxylic acids is 3. The molecule has 3 amide bonds. The number of furan rings is 1. The standard InChI is InChI=1S/C14H13N3O4/c1-3-14(12(19)16-13(20)17-14)10-5-8-4-9(7(2)18)6-15-11(8)21-10/h4-6H,3H2,1-2H3,(H2,16,17,19,20)/t14-/m0/s1. The maximum Gasteiger partial charge on any atom is 0.322 e. The van der Waals surface area contributed by atoms with Gasteiger partial charge in [0, 0.05) is 17.1 Å². The second-order valence-electron chi connectivity index (χ2n) is 4.95. The number of hydrogen-bond donors (Lipinski definition) is 2. The molecule has 2 aromatic rings. The molecule has 0 spiro atoms. The van der Waals surface area contributed by atoms with Gasteiger partial charge in [0.25, 0.3) is 5.91 Å². The summed E-state index contributed by atoms with van der Waals surface area (Å²) >= 11 is 0. The predicted octanol–water partition coefficient (Wildman–Crippen LogP) is 1.48. The van der Waals surface area contributed by atoms with Crippen molar-refractivity contribution in [1.29, 1.82) is 0 Å². The molecule has 7 nitrogen and oxygen atoms in total. The molecule has 21 heavy (non-hydrogen) atoms. The highest BCUT2D eigenvalue weighted by Crippen LogP contribution is 2.32. The lowest BCUT2D eigenvalue weighted by molar-refractivity contribution is -0.125. The van der Waals surface area contributed by atoms with Gasteiger partial charge in [-0.05, 0) is 25.5 Å². The second-order valence-corrected chi connectivity index (χ2v) is 4.95. The molecule has 0 saturated carbocycles. The first-order valence-electron chi connectivity index (χ1n) is 6.51. The summed E-state index contributed by atoms with van der Waals surface area (Å²) in [4.78, 5) is 38.9. The first kappa shape index (κ1) is 13.3. The molecule has 1 fully saturated rings. The normalized spacial score (nSPS) is 21.4. The van der Waals surface area contributed by atoms with Crippen LogP contribution in [0.2, 0.25) is 0 Å². The van der Waals surface area contributed by atoms with Crippen LogP contribution in [-0.4, -0.2) is 22.7 Å². The van der Waals surface area contributed by atoms with Crippen LogP contribution < -0.4 is 10.6 Å². The highest BCUT2D eigenvalue weighted by Gasteiger charge is 2.49. The zero-order valence-corrected chi connectivity index (χ0v) is 11.5. The van der Waals surface area contributed by atoms with E-state index in [2.05, 4.69) is 15.6 Å². The van der Waals surface area contributed by atoms with Gasteiger partial charge in [0.05, 0.1) is 0 Å². The second kappa shape index (κ2) is 4.41. The lowest BCUT2D eigenvalue weighted by Crippen LogP contribution is -2.42. The van der Waals surface area contributed by atoms with Crippen LogP contribution in [-0.2, 0) is 10.3 Å². The monoisotopic (exact) mass is 287 g/mol. The van der Waals surface area contributed by atoms with Crippen molar-refractivity contribution in [2.45, 2.75) is 25.8 Å². The van der Waals surface area contributed by atoms with Crippen molar-refractivity contribution >= 4 is 28.8 Å². The minimum absolute atomic E-state index is 0.107. The molecule has 1 atom stereocenters. The smallest absolute Gasteiger partial charge is 0.322 e. The summed E-state index contributed by atoms with van der Waals surface area (Å²) in [7, 11) is 0. The molecular weight excluding hydrogens is 274 g/mol. The van der Waals surface area contributed by atoms with Gasteiger partial charge in [0.2, 0.25) is 5.71 Å². The summed E-state index contributed by atoms with van der Waals surface area (Å²) in [6.07, 6.45) is 1.76. The number of rotatable bonds is 3. The molecule has 0 radical (unpaired) electrons. The van der Waals surface area contributed by atoms with Crippen LogP contribution in [0.1, 0.15) is 36.4 Å². The molecule has 3 rings (SSSR count). The number of nitrogens with one attached hydrogen (secondary N) is 2. The molecule has 1 aliphatic rings. The highest BCUT2D eigenvalue weighted by molar-refractivity contribution is 6.07. The molecule has 1 aliphatic heterocycles. The zero-order chi connectivity index (χ0) is 15.2. The largest absolute Gasteiger partial charge is 0.440 e. The maximum atomic E-state index is 12.1. The summed E-state index contributed by atoms with van der Waals surface area (Å²) in [5, 5.41) is 5.41. The van der Waals surface area contributed by atoms with Gasteiger partial charge in [-0.3, -0.25) is 14.9 Å². The Morgan fingerprint density at radius 2 is 2.14 bits per heavy atom. The van der Waals surface area contributed by atoms with E-state index in [1.54, 1.807) is 19.1 Å². The van der Waals surface area contributed by atoms with Crippen molar-refractivity contribution in [3.8, 4) is 0 Å². The maximum absolute atomic E-state index is 12.1. The number of fused-ring (bicyclic) bond motifs is 1. The molecule has 2 aromatic heterocycles. The SMILES string of the molecule is CC[C@@]1(c2cc3cc(C(C)=O)cnc3o2)NC(=O)NC1=O. The van der Waals surface area contributed by atoms with Gasteiger partial charge in [-0.15, -0.1) is 0 Å². The van der Waals surface area contributed by atoms with Gasteiger partial charge < -0.3 is 9.73 Å². The summed E-state index contributed by atoms with van der Waals surface area (Å²) in [6.45, 7) is 3.22. The summed E-state index contributed by atoms with van der Waals surface area (Å²) in [6, 6.07) is 2.72. The van der Waals surface area contributed by atoms with E-state index in [1.807, 2.05) is 0 Å². The Morgan fingerprint density at radius 3 is 2.71 bits per heavy atom. The number of amides is 3. The topological polar surface area (TPSA) is 101 Å². The quantitative estimate of drug-likeness (QED) is 0.657. The number of nitrogens with zero attached hydrogens (tertiary/aromatic N) is 1. The molecule has 0 bridgehead atoms. The van der Waals surface area contributed by atoms with Crippen molar-refractivity contribution in [2.24, 2.45) is 0 Å². The zero-order valence-electron chi connectivity index (χ0n) is 11.5. The minimum Gasteiger partial charge on any atom is -0.440 e. The van der Waals surface area contributed by atoms with E-state index in [4.69, 9.17) is 4.42 Å². The van der Waals surface area contributed by atoms with Gasteiger partial charge in [-0.25, -0.2) is 9.78 Å². The van der Waals surface area contributed by atoms with Crippen LogP contribution in [0.4, 0.5) is 4.79 Å². The van der Waals surface area contributed by atoms with E-state index < -0.39 is 17.5 Å². The Bertz CT molecular complexity index is 780. The molecule has 0 aliphatic carbocycles. The average molecular weight is 287 g/mol. The molecular formula is C14H13N3O4. The number of ketones is 1. The number of urea groups is 1. The average Bonchev–Trinajstić information content (AvgIpc) is 2.98. The van der Waals surface area contributed by atoms with Crippen LogP contribution in [0, 0.1) is 0 Å². The molecule has 108 valence electrons. The lowest BCUT2D eigenvalue weighted by Gasteiger charge is -2.20. The van der Waals surface area contributed by atoms with E-state index >= 15 is 0 Å². The third-order valence-electron chi connectivity index (χ3n) is 3.67. The number of aromatic nitrogens is 1. The fourth-order valence-corrected chi connectivity index (χ4v) is 2.42. The highest BCUT2D eigenvalue weighted by atomic mass is 16.3. The molecule has 7 heteroatoms. The fraction of sp³-hybridized carbons (Fsp3) is 0.286. The Labute approximate surface area is 119 Å². The van der Waals surface area contributed by atoms with Crippen LogP contribution in [0.25, 0.3) is 11.1 Å². The first-order chi connectivity index (χ1) is 9.96. The summed E-state index contributed by atoms with van der Waals surface area (Å²) < 4.78 is 5.60. The van der Waals surface area contributed by atoms with E-state index in [0.717, 1.165) is 0 Å². The van der Waals surface area contributed by atoms with Gasteiger partial charge >= 0.3 is 6.03 Å². The van der Waals surface area contributed by atoms with Crippen LogP contribution in [0.15, 0.2) is 22.7 Å². The lowest BCUT2D eigenvalue weighted by atomic mass is 9.93. The van der Waals surface area contributed by atoms with Crippen molar-refractivity contribution < 1.29 is 18.8 Å². The molecule has 3 heterocycles. The number of imide groups is 1. The van der Waals surface area contributed by atoms with Gasteiger partial charge in [0.1, 0.15) is 5.76 Å². The van der Waals surface area contributed by atoms with E-state index in [9.17, 15) is 14.4 Å². The van der Waals surface area contributed by atoms with Crippen molar-refractivity contribution in [3.63, 3.8) is 0 Å². The Morgan fingerprint density at radius 1 is 1.38 bits per heavy atom. The Hall–Kier alpha value is -2.70. The van der Waals surface area contributed by atoms with Crippen LogP contribution in [0.3, 0.4) is 0 Å². The predicted molar refractivity (Wildman–Crippen MR) is 72.7 cm³/mol. The van der Waals surface area contributed by atoms with Crippen LogP contribution in [0.5, 0.6) is 0 Å². The molecule has 1 saturated heterocycles. The van der Waals surface area contributed by atoms with Gasteiger partial charge in [0.15, 0.2) is 11.3 Å². The number of hydrogen-bond acceptors (Lipinski definition) is 5. The molecule has 2 N–H and O–H groups in total. The summed E-state index contributed by atoms with van der Waals surface area (Å²) in [5.41, 5.74) is -0.453. The van der Waals surface area contributed by atoms with Crippen LogP contribution >= 0.6 is 0 Å². The number of pyridine rings is 1. The van der Waals surface area contributed by atoms with Gasteiger partial charge in [-0.2, -0.15) is 0 Å². The first-order valence-corrected chi connectivity index (χ1v) is 6.51. The van der Waals surface area contributed by atoms with Gasteiger partial charge in [-0.1, -0.05) is 6.92 Å². The molecule has 0 aromatic carbocycles. The fourth-order valence-electron chi connectivity index (χ4n) is 2.42. The van der Waals surface area contributed by atoms with Crippen molar-refractivity contribution in [1.82, 2.24) is 15.6 Å². The number of carbonyl (C=O) groups is 3. The van der Waals surface area contributed by atoms with Crippen molar-refractivity contribution in [3.05, 3.63) is 29.7 Å². The van der Waals surface area contributed by atoms with Crippen molar-refractivity contribution in [2.75, 3.05) is 0 Å². The van der Waals surface area contributed by atoms with E-state index in [1.165, 1.54) is 13.1 Å². The number of Topliss-reactive ketones (excluding diaryl/α,β-unsaturated/α-hetero) is 1. The Kier molecular flexibility index (Phi) is 2.79. The Balaban J connectivity index is 2.14. The third-order valence-corrected chi connectivity index (χ3v) is 3.67.